The first-order chi connectivity index (χ1) is 15.5. The van der Waals surface area contributed by atoms with Crippen LogP contribution >= 0.6 is 22.9 Å². The lowest BCUT2D eigenvalue weighted by molar-refractivity contribution is -0.138. The van der Waals surface area contributed by atoms with Crippen molar-refractivity contribution < 1.29 is 19.1 Å². The zero-order valence-corrected chi connectivity index (χ0v) is 18.9. The molecule has 0 aliphatic carbocycles. The second-order valence-corrected chi connectivity index (χ2v) is 8.54. The normalized spacial score (nSPS) is 15.4. The van der Waals surface area contributed by atoms with Crippen molar-refractivity contribution in [2.45, 2.75) is 18.9 Å². The Bertz CT molecular complexity index is 1110. The number of carbonyl (C=O) groups is 2. The summed E-state index contributed by atoms with van der Waals surface area (Å²) in [7, 11) is 1.60. The van der Waals surface area contributed by atoms with Crippen molar-refractivity contribution in [1.82, 2.24) is 15.1 Å². The fourth-order valence-corrected chi connectivity index (χ4v) is 4.30. The number of methoxy groups -OCH3 is 1. The van der Waals surface area contributed by atoms with Gasteiger partial charge in [0.1, 0.15) is 22.5 Å². The van der Waals surface area contributed by atoms with Gasteiger partial charge in [-0.15, -0.1) is 10.2 Å². The topological polar surface area (TPSA) is 93.7 Å². The molecule has 2 amide bonds. The largest absolute Gasteiger partial charge is 0.497 e. The van der Waals surface area contributed by atoms with Gasteiger partial charge in [-0.25, -0.2) is 0 Å². The summed E-state index contributed by atoms with van der Waals surface area (Å²) in [6, 6.07) is 13.7. The molecule has 0 saturated carbocycles. The minimum absolute atomic E-state index is 0.149. The number of benzene rings is 2. The summed E-state index contributed by atoms with van der Waals surface area (Å²) in [5.74, 6) is 0.730. The molecule has 32 heavy (non-hydrogen) atoms. The van der Waals surface area contributed by atoms with Crippen LogP contribution in [0.4, 0.5) is 5.13 Å². The van der Waals surface area contributed by atoms with E-state index in [0.717, 1.165) is 12.0 Å². The smallest absolute Gasteiger partial charge is 0.261 e. The van der Waals surface area contributed by atoms with Gasteiger partial charge < -0.3 is 14.4 Å². The maximum absolute atomic E-state index is 12.8. The van der Waals surface area contributed by atoms with Crippen LogP contribution in [0.1, 0.15) is 12.8 Å². The van der Waals surface area contributed by atoms with Gasteiger partial charge in [0.2, 0.25) is 11.0 Å². The van der Waals surface area contributed by atoms with Crippen LogP contribution < -0.4 is 14.8 Å². The van der Waals surface area contributed by atoms with E-state index in [-0.39, 0.29) is 18.4 Å². The lowest BCUT2D eigenvalue weighted by atomic mass is 10.2. The van der Waals surface area contributed by atoms with Gasteiger partial charge in [0.05, 0.1) is 7.11 Å². The van der Waals surface area contributed by atoms with Crippen LogP contribution in [0.5, 0.6) is 11.5 Å². The van der Waals surface area contributed by atoms with Crippen LogP contribution in [-0.4, -0.2) is 53.2 Å². The van der Waals surface area contributed by atoms with Crippen LogP contribution in [0.2, 0.25) is 5.02 Å². The van der Waals surface area contributed by atoms with Gasteiger partial charge in [-0.3, -0.25) is 14.9 Å². The number of anilines is 1. The molecule has 1 fully saturated rings. The van der Waals surface area contributed by atoms with E-state index in [1.54, 1.807) is 36.3 Å². The van der Waals surface area contributed by atoms with Crippen molar-refractivity contribution in [2.24, 2.45) is 0 Å². The summed E-state index contributed by atoms with van der Waals surface area (Å²) in [6.45, 7) is 0.357. The summed E-state index contributed by atoms with van der Waals surface area (Å²) in [5, 5.41) is 12.6. The summed E-state index contributed by atoms with van der Waals surface area (Å²) in [6.07, 6.45) is 1.33. The lowest BCUT2D eigenvalue weighted by Gasteiger charge is -2.23. The number of amides is 2. The third-order valence-electron chi connectivity index (χ3n) is 5.02. The van der Waals surface area contributed by atoms with Crippen LogP contribution in [0.25, 0.3) is 10.6 Å². The second kappa shape index (κ2) is 9.97. The first kappa shape index (κ1) is 22.0. The molecule has 0 radical (unpaired) electrons. The van der Waals surface area contributed by atoms with Crippen molar-refractivity contribution >= 4 is 39.9 Å². The Labute approximate surface area is 194 Å². The van der Waals surface area contributed by atoms with E-state index in [4.69, 9.17) is 21.1 Å². The fraction of sp³-hybridized carbons (Fsp3) is 0.273. The maximum atomic E-state index is 12.8. The molecule has 1 aromatic heterocycles. The van der Waals surface area contributed by atoms with Crippen LogP contribution in [0, 0.1) is 0 Å². The van der Waals surface area contributed by atoms with Crippen molar-refractivity contribution in [3.8, 4) is 22.1 Å². The van der Waals surface area contributed by atoms with E-state index >= 15 is 0 Å². The van der Waals surface area contributed by atoms with Crippen LogP contribution in [-0.2, 0) is 9.59 Å². The summed E-state index contributed by atoms with van der Waals surface area (Å²) in [5.41, 5.74) is 0.847. The average molecular weight is 473 g/mol. The van der Waals surface area contributed by atoms with Gasteiger partial charge in [0.25, 0.3) is 5.91 Å². The van der Waals surface area contributed by atoms with E-state index < -0.39 is 6.04 Å². The van der Waals surface area contributed by atoms with E-state index in [2.05, 4.69) is 15.5 Å². The standard InChI is InChI=1S/C22H21ClN4O4S/c1-30-17-5-2-4-14(12-17)21-25-26-22(32-21)24-20(29)18-6-3-11-27(18)19(28)13-31-16-9-7-15(23)8-10-16/h2,4-5,7-10,12,18H,3,6,11,13H2,1H3,(H,24,26,29). The van der Waals surface area contributed by atoms with Gasteiger partial charge in [0.15, 0.2) is 6.61 Å². The average Bonchev–Trinajstić information content (AvgIpc) is 3.48. The Morgan fingerprint density at radius 3 is 2.78 bits per heavy atom. The maximum Gasteiger partial charge on any atom is 0.261 e. The molecule has 2 aromatic carbocycles. The number of nitrogens with one attached hydrogen (secondary N) is 1. The molecule has 8 nitrogen and oxygen atoms in total. The Morgan fingerprint density at radius 2 is 2.00 bits per heavy atom. The molecule has 1 aliphatic rings. The predicted molar refractivity (Wildman–Crippen MR) is 122 cm³/mol. The number of rotatable bonds is 7. The Kier molecular flexibility index (Phi) is 6.87. The van der Waals surface area contributed by atoms with Gasteiger partial charge >= 0.3 is 0 Å². The van der Waals surface area contributed by atoms with E-state index in [1.807, 2.05) is 24.3 Å². The van der Waals surface area contributed by atoms with Gasteiger partial charge in [-0.2, -0.15) is 0 Å². The molecule has 166 valence electrons. The number of ether oxygens (including phenoxy) is 2. The van der Waals surface area contributed by atoms with E-state index in [1.165, 1.54) is 11.3 Å². The number of aromatic nitrogens is 2. The molecule has 4 rings (SSSR count). The molecular weight excluding hydrogens is 452 g/mol. The zero-order valence-electron chi connectivity index (χ0n) is 17.3. The first-order valence-electron chi connectivity index (χ1n) is 10.00. The van der Waals surface area contributed by atoms with Crippen LogP contribution in [0.3, 0.4) is 0 Å². The van der Waals surface area contributed by atoms with Crippen molar-refractivity contribution in [1.29, 1.82) is 0 Å². The molecule has 1 aliphatic heterocycles. The first-order valence-corrected chi connectivity index (χ1v) is 11.2. The highest BCUT2D eigenvalue weighted by Gasteiger charge is 2.34. The number of hydrogen-bond donors (Lipinski definition) is 1. The summed E-state index contributed by atoms with van der Waals surface area (Å²) >= 11 is 7.12. The van der Waals surface area contributed by atoms with E-state index in [9.17, 15) is 9.59 Å². The number of carbonyl (C=O) groups excluding carboxylic acids is 2. The highest BCUT2D eigenvalue weighted by atomic mass is 35.5. The minimum atomic E-state index is -0.569. The second-order valence-electron chi connectivity index (χ2n) is 7.12. The molecule has 2 heterocycles. The quantitative estimate of drug-likeness (QED) is 0.561. The zero-order chi connectivity index (χ0) is 22.5. The molecule has 0 spiro atoms. The monoisotopic (exact) mass is 472 g/mol. The number of likely N-dealkylation sites (tertiary alicyclic amines) is 1. The number of halogens is 1. The SMILES string of the molecule is COc1cccc(-c2nnc(NC(=O)C3CCCN3C(=O)COc3ccc(Cl)cc3)s2)c1. The fourth-order valence-electron chi connectivity index (χ4n) is 3.43. The predicted octanol–water partition coefficient (Wildman–Crippen LogP) is 3.88. The number of nitrogens with zero attached hydrogens (tertiary/aromatic N) is 3. The molecule has 1 N–H and O–H groups in total. The Morgan fingerprint density at radius 1 is 1.19 bits per heavy atom. The third-order valence-corrected chi connectivity index (χ3v) is 6.16. The van der Waals surface area contributed by atoms with Gasteiger partial charge in [-0.1, -0.05) is 35.1 Å². The molecule has 0 bridgehead atoms. The Balaban J connectivity index is 1.36. The third kappa shape index (κ3) is 5.17. The highest BCUT2D eigenvalue weighted by molar-refractivity contribution is 7.18. The van der Waals surface area contributed by atoms with Crippen molar-refractivity contribution in [2.75, 3.05) is 25.6 Å². The highest BCUT2D eigenvalue weighted by Crippen LogP contribution is 2.29. The molecule has 3 aromatic rings. The minimum Gasteiger partial charge on any atom is -0.497 e. The van der Waals surface area contributed by atoms with Gasteiger partial charge in [-0.05, 0) is 49.2 Å². The molecule has 1 atom stereocenters. The Hall–Kier alpha value is -3.17. The van der Waals surface area contributed by atoms with Gasteiger partial charge in [0, 0.05) is 17.1 Å². The van der Waals surface area contributed by atoms with Crippen molar-refractivity contribution in [3.63, 3.8) is 0 Å². The molecule has 1 unspecified atom stereocenters. The molecular formula is C22H21ClN4O4S. The number of hydrogen-bond acceptors (Lipinski definition) is 7. The molecule has 1 saturated heterocycles. The lowest BCUT2D eigenvalue weighted by Crippen LogP contribution is -2.45. The van der Waals surface area contributed by atoms with E-state index in [0.29, 0.717) is 39.6 Å². The van der Waals surface area contributed by atoms with Crippen LogP contribution in [0.15, 0.2) is 48.5 Å². The summed E-state index contributed by atoms with van der Waals surface area (Å²) in [4.78, 5) is 27.1. The molecule has 10 heteroatoms. The summed E-state index contributed by atoms with van der Waals surface area (Å²) < 4.78 is 10.8. The van der Waals surface area contributed by atoms with Crippen molar-refractivity contribution in [3.05, 3.63) is 53.6 Å².